The third-order valence-electron chi connectivity index (χ3n) is 4.04. The highest BCUT2D eigenvalue weighted by molar-refractivity contribution is 7.18. The van der Waals surface area contributed by atoms with E-state index in [1.165, 1.54) is 10.3 Å². The molecule has 5 heteroatoms. The smallest absolute Gasteiger partial charge is 0.0946 e. The Kier molecular flexibility index (Phi) is 4.55. The summed E-state index contributed by atoms with van der Waals surface area (Å²) in [4.78, 5) is 11.0. The topological polar surface area (TPSA) is 34.0 Å². The van der Waals surface area contributed by atoms with Crippen molar-refractivity contribution in [1.82, 2.24) is 19.4 Å². The number of likely N-dealkylation sites (N-methyl/N-ethyl adjacent to an activating group) is 1. The van der Waals surface area contributed by atoms with Crippen LogP contribution in [-0.2, 0) is 13.0 Å². The maximum absolute atomic E-state index is 4.53. The average Bonchev–Trinajstić information content (AvgIpc) is 3.10. The van der Waals surface area contributed by atoms with Crippen molar-refractivity contribution in [2.45, 2.75) is 32.4 Å². The predicted molar refractivity (Wildman–Crippen MR) is 92.4 cm³/mol. The quantitative estimate of drug-likeness (QED) is 0.699. The van der Waals surface area contributed by atoms with Crippen molar-refractivity contribution in [2.75, 3.05) is 14.1 Å². The first-order chi connectivity index (χ1) is 10.6. The highest BCUT2D eigenvalue weighted by Gasteiger charge is 2.12. The summed E-state index contributed by atoms with van der Waals surface area (Å²) in [6.45, 7) is 3.05. The number of thiazole rings is 1. The van der Waals surface area contributed by atoms with Crippen molar-refractivity contribution >= 4 is 21.6 Å². The first-order valence-corrected chi connectivity index (χ1v) is 8.42. The maximum Gasteiger partial charge on any atom is 0.0946 e. The van der Waals surface area contributed by atoms with E-state index in [0.29, 0.717) is 6.04 Å². The lowest BCUT2D eigenvalue weighted by Crippen LogP contribution is -2.32. The lowest BCUT2D eigenvalue weighted by Gasteiger charge is -2.24. The van der Waals surface area contributed by atoms with Gasteiger partial charge in [-0.05, 0) is 51.6 Å². The van der Waals surface area contributed by atoms with E-state index in [9.17, 15) is 0 Å². The van der Waals surface area contributed by atoms with Crippen LogP contribution in [0.25, 0.3) is 10.2 Å². The summed E-state index contributed by atoms with van der Waals surface area (Å²) < 4.78 is 3.45. The van der Waals surface area contributed by atoms with Crippen LogP contribution >= 0.6 is 11.3 Å². The number of hydrogen-bond donors (Lipinski definition) is 0. The molecule has 116 valence electrons. The van der Waals surface area contributed by atoms with Gasteiger partial charge in [0, 0.05) is 25.0 Å². The Balaban J connectivity index is 1.67. The van der Waals surface area contributed by atoms with Gasteiger partial charge < -0.3 is 9.47 Å². The van der Waals surface area contributed by atoms with Crippen LogP contribution in [-0.4, -0.2) is 39.6 Å². The van der Waals surface area contributed by atoms with Gasteiger partial charge in [-0.1, -0.05) is 6.07 Å². The molecule has 0 fully saturated rings. The van der Waals surface area contributed by atoms with Gasteiger partial charge in [0.2, 0.25) is 0 Å². The van der Waals surface area contributed by atoms with Gasteiger partial charge in [-0.15, -0.1) is 11.3 Å². The summed E-state index contributed by atoms with van der Waals surface area (Å²) in [6, 6.07) is 7.16. The first-order valence-electron chi connectivity index (χ1n) is 7.60. The summed E-state index contributed by atoms with van der Waals surface area (Å²) in [7, 11) is 4.30. The molecule has 1 atom stereocenters. The van der Waals surface area contributed by atoms with Crippen molar-refractivity contribution in [3.05, 3.63) is 47.5 Å². The number of rotatable bonds is 6. The summed E-state index contributed by atoms with van der Waals surface area (Å²) >= 11 is 1.78. The lowest BCUT2D eigenvalue weighted by molar-refractivity contribution is 0.250. The standard InChI is InChI=1S/C17H22N4S/c1-13-19-16-7-5-14(10-17(16)22-13)4-6-15(20(2)3)11-21-9-8-18-12-21/h5,7-10,12,15H,4,6,11H2,1-3H3. The number of aryl methyl sites for hydroxylation is 2. The second-order valence-corrected chi connectivity index (χ2v) is 7.19. The van der Waals surface area contributed by atoms with E-state index in [1.54, 1.807) is 11.3 Å². The molecule has 0 saturated heterocycles. The van der Waals surface area contributed by atoms with Gasteiger partial charge in [0.05, 0.1) is 21.6 Å². The van der Waals surface area contributed by atoms with Crippen LogP contribution in [0, 0.1) is 6.92 Å². The molecule has 1 unspecified atom stereocenters. The summed E-state index contributed by atoms with van der Waals surface area (Å²) in [6.07, 6.45) is 7.98. The van der Waals surface area contributed by atoms with Gasteiger partial charge in [0.15, 0.2) is 0 Å². The molecule has 22 heavy (non-hydrogen) atoms. The Hall–Kier alpha value is -1.72. The van der Waals surface area contributed by atoms with Gasteiger partial charge in [0.1, 0.15) is 0 Å². The molecule has 3 rings (SSSR count). The zero-order valence-electron chi connectivity index (χ0n) is 13.4. The first kappa shape index (κ1) is 15.2. The van der Waals surface area contributed by atoms with Gasteiger partial charge in [-0.3, -0.25) is 0 Å². The van der Waals surface area contributed by atoms with Crippen LogP contribution in [0.2, 0.25) is 0 Å². The molecule has 2 heterocycles. The number of hydrogen-bond acceptors (Lipinski definition) is 4. The Morgan fingerprint density at radius 2 is 2.18 bits per heavy atom. The van der Waals surface area contributed by atoms with Crippen LogP contribution in [0.3, 0.4) is 0 Å². The van der Waals surface area contributed by atoms with E-state index in [2.05, 4.69) is 58.7 Å². The van der Waals surface area contributed by atoms with Crippen LogP contribution in [0.5, 0.6) is 0 Å². The van der Waals surface area contributed by atoms with Crippen LogP contribution in [0.15, 0.2) is 36.9 Å². The SMILES string of the molecule is Cc1nc2ccc(CCC(Cn3ccnc3)N(C)C)cc2s1. The van der Waals surface area contributed by atoms with E-state index in [-0.39, 0.29) is 0 Å². The van der Waals surface area contributed by atoms with Crippen molar-refractivity contribution < 1.29 is 0 Å². The molecule has 0 aliphatic rings. The summed E-state index contributed by atoms with van der Waals surface area (Å²) in [5.41, 5.74) is 2.52. The van der Waals surface area contributed by atoms with Gasteiger partial charge in [0.25, 0.3) is 0 Å². The fraction of sp³-hybridized carbons (Fsp3) is 0.412. The number of benzene rings is 1. The third kappa shape index (κ3) is 3.54. The molecule has 2 aromatic heterocycles. The Morgan fingerprint density at radius 1 is 1.32 bits per heavy atom. The highest BCUT2D eigenvalue weighted by Crippen LogP contribution is 2.23. The normalized spacial score (nSPS) is 13.1. The second-order valence-electron chi connectivity index (χ2n) is 5.95. The maximum atomic E-state index is 4.53. The molecular formula is C17H22N4S. The largest absolute Gasteiger partial charge is 0.336 e. The van der Waals surface area contributed by atoms with Crippen molar-refractivity contribution in [2.24, 2.45) is 0 Å². The van der Waals surface area contributed by atoms with Gasteiger partial charge in [-0.2, -0.15) is 0 Å². The average molecular weight is 314 g/mol. The van der Waals surface area contributed by atoms with E-state index >= 15 is 0 Å². The molecule has 0 aliphatic carbocycles. The Morgan fingerprint density at radius 3 is 2.91 bits per heavy atom. The zero-order valence-corrected chi connectivity index (χ0v) is 14.2. The fourth-order valence-corrected chi connectivity index (χ4v) is 3.61. The van der Waals surface area contributed by atoms with Crippen molar-refractivity contribution in [1.29, 1.82) is 0 Å². The number of fused-ring (bicyclic) bond motifs is 1. The molecular weight excluding hydrogens is 292 g/mol. The molecule has 0 N–H and O–H groups in total. The third-order valence-corrected chi connectivity index (χ3v) is 4.97. The van der Waals surface area contributed by atoms with Crippen LogP contribution in [0.1, 0.15) is 17.0 Å². The minimum Gasteiger partial charge on any atom is -0.336 e. The van der Waals surface area contributed by atoms with Crippen LogP contribution < -0.4 is 0 Å². The molecule has 0 spiro atoms. The van der Waals surface area contributed by atoms with E-state index in [1.807, 2.05) is 18.7 Å². The Labute approximate surface area is 135 Å². The Bertz CT molecular complexity index is 730. The number of nitrogens with zero attached hydrogens (tertiary/aromatic N) is 4. The molecule has 1 aromatic carbocycles. The summed E-state index contributed by atoms with van der Waals surface area (Å²) in [5.74, 6) is 0. The molecule has 0 bridgehead atoms. The minimum absolute atomic E-state index is 0.507. The van der Waals surface area contributed by atoms with Crippen molar-refractivity contribution in [3.63, 3.8) is 0 Å². The van der Waals surface area contributed by atoms with E-state index in [4.69, 9.17) is 0 Å². The highest BCUT2D eigenvalue weighted by atomic mass is 32.1. The van der Waals surface area contributed by atoms with Crippen LogP contribution in [0.4, 0.5) is 0 Å². The molecule has 0 saturated carbocycles. The molecule has 0 aliphatic heterocycles. The molecule has 3 aromatic rings. The zero-order chi connectivity index (χ0) is 15.5. The van der Waals surface area contributed by atoms with Gasteiger partial charge in [-0.25, -0.2) is 9.97 Å². The van der Waals surface area contributed by atoms with E-state index in [0.717, 1.165) is 29.9 Å². The number of imidazole rings is 1. The minimum atomic E-state index is 0.507. The summed E-state index contributed by atoms with van der Waals surface area (Å²) in [5, 5.41) is 1.14. The predicted octanol–water partition coefficient (Wildman–Crippen LogP) is 3.36. The van der Waals surface area contributed by atoms with E-state index < -0.39 is 0 Å². The molecule has 0 amide bonds. The monoisotopic (exact) mass is 314 g/mol. The number of aromatic nitrogens is 3. The fourth-order valence-electron chi connectivity index (χ4n) is 2.72. The lowest BCUT2D eigenvalue weighted by atomic mass is 10.0. The molecule has 4 nitrogen and oxygen atoms in total. The molecule has 0 radical (unpaired) electrons. The van der Waals surface area contributed by atoms with Crippen molar-refractivity contribution in [3.8, 4) is 0 Å². The second kappa shape index (κ2) is 6.58. The van der Waals surface area contributed by atoms with Gasteiger partial charge >= 0.3 is 0 Å².